The number of aromatic nitrogens is 2. The fraction of sp³-hybridized carbons (Fsp3) is 0.368. The molecule has 1 aliphatic heterocycles. The van der Waals surface area contributed by atoms with E-state index >= 15 is 0 Å². The Kier molecular flexibility index (Phi) is 5.38. The zero-order valence-electron chi connectivity index (χ0n) is 15.1. The van der Waals surface area contributed by atoms with Gasteiger partial charge in [0, 0.05) is 39.6 Å². The standard InChI is InChI=1S/C19H25N5O/c1-20-19(22-14-18-21-9-12-23(18)2)24-10-7-15(8-11-24)16-5-4-6-17(13-16)25-3/h4-7,9,12-13H,8,10-11,14H2,1-3H3,(H,20,22). The number of aliphatic imine (C=N–C) groups is 1. The molecule has 6 heteroatoms. The third-order valence-electron chi connectivity index (χ3n) is 4.49. The van der Waals surface area contributed by atoms with Crippen molar-refractivity contribution in [2.24, 2.45) is 12.0 Å². The fourth-order valence-electron chi connectivity index (χ4n) is 3.00. The third kappa shape index (κ3) is 4.02. The molecule has 0 spiro atoms. The molecule has 3 rings (SSSR count). The maximum atomic E-state index is 5.32. The number of rotatable bonds is 4. The molecule has 25 heavy (non-hydrogen) atoms. The summed E-state index contributed by atoms with van der Waals surface area (Å²) < 4.78 is 7.34. The summed E-state index contributed by atoms with van der Waals surface area (Å²) in [6, 6.07) is 8.24. The van der Waals surface area contributed by atoms with Gasteiger partial charge in [-0.05, 0) is 29.7 Å². The minimum Gasteiger partial charge on any atom is -0.497 e. The van der Waals surface area contributed by atoms with Crippen LogP contribution in [0.25, 0.3) is 5.57 Å². The molecule has 132 valence electrons. The molecular weight excluding hydrogens is 314 g/mol. The molecule has 2 heterocycles. The Hall–Kier alpha value is -2.76. The molecule has 1 N–H and O–H groups in total. The van der Waals surface area contributed by atoms with Crippen LogP contribution in [0.3, 0.4) is 0 Å². The number of imidazole rings is 1. The number of hydrogen-bond donors (Lipinski definition) is 1. The first-order valence-corrected chi connectivity index (χ1v) is 8.46. The van der Waals surface area contributed by atoms with Gasteiger partial charge < -0.3 is 19.5 Å². The van der Waals surface area contributed by atoms with Gasteiger partial charge in [0.25, 0.3) is 0 Å². The Labute approximate surface area is 148 Å². The van der Waals surface area contributed by atoms with Crippen molar-refractivity contribution in [3.05, 3.63) is 54.1 Å². The lowest BCUT2D eigenvalue weighted by molar-refractivity contribution is 0.414. The minimum absolute atomic E-state index is 0.666. The summed E-state index contributed by atoms with van der Waals surface area (Å²) in [4.78, 5) is 11.0. The lowest BCUT2D eigenvalue weighted by atomic mass is 9.99. The first-order valence-electron chi connectivity index (χ1n) is 8.46. The minimum atomic E-state index is 0.666. The van der Waals surface area contributed by atoms with Crippen molar-refractivity contribution in [1.29, 1.82) is 0 Å². The second-order valence-corrected chi connectivity index (χ2v) is 6.01. The Morgan fingerprint density at radius 2 is 2.28 bits per heavy atom. The molecular formula is C19H25N5O. The average Bonchev–Trinajstić information content (AvgIpc) is 3.08. The van der Waals surface area contributed by atoms with E-state index in [1.165, 1.54) is 11.1 Å². The van der Waals surface area contributed by atoms with E-state index in [9.17, 15) is 0 Å². The van der Waals surface area contributed by atoms with E-state index in [2.05, 4.69) is 38.4 Å². The lowest BCUT2D eigenvalue weighted by Crippen LogP contribution is -2.43. The quantitative estimate of drug-likeness (QED) is 0.686. The number of aryl methyl sites for hydroxylation is 1. The van der Waals surface area contributed by atoms with Crippen LogP contribution in [0.2, 0.25) is 0 Å². The zero-order chi connectivity index (χ0) is 17.6. The second kappa shape index (κ2) is 7.88. The van der Waals surface area contributed by atoms with Gasteiger partial charge in [0.1, 0.15) is 11.6 Å². The molecule has 6 nitrogen and oxygen atoms in total. The van der Waals surface area contributed by atoms with Gasteiger partial charge in [0.05, 0.1) is 13.7 Å². The van der Waals surface area contributed by atoms with Crippen LogP contribution in [0.1, 0.15) is 17.8 Å². The summed E-state index contributed by atoms with van der Waals surface area (Å²) in [5.74, 6) is 2.79. The predicted molar refractivity (Wildman–Crippen MR) is 101 cm³/mol. The number of methoxy groups -OCH3 is 1. The third-order valence-corrected chi connectivity index (χ3v) is 4.49. The van der Waals surface area contributed by atoms with Crippen LogP contribution >= 0.6 is 0 Å². The number of ether oxygens (including phenoxy) is 1. The van der Waals surface area contributed by atoms with Crippen LogP contribution in [0.4, 0.5) is 0 Å². The van der Waals surface area contributed by atoms with E-state index in [1.807, 2.05) is 43.2 Å². The summed E-state index contributed by atoms with van der Waals surface area (Å²) >= 11 is 0. The van der Waals surface area contributed by atoms with Crippen molar-refractivity contribution in [2.45, 2.75) is 13.0 Å². The van der Waals surface area contributed by atoms with Crippen LogP contribution < -0.4 is 10.1 Å². The Bertz CT molecular complexity index is 778. The van der Waals surface area contributed by atoms with Crippen LogP contribution in [-0.4, -0.2) is 47.7 Å². The molecule has 0 radical (unpaired) electrons. The number of nitrogens with one attached hydrogen (secondary N) is 1. The van der Waals surface area contributed by atoms with Gasteiger partial charge >= 0.3 is 0 Å². The Balaban J connectivity index is 1.63. The van der Waals surface area contributed by atoms with Crippen molar-refractivity contribution in [3.8, 4) is 5.75 Å². The molecule has 0 bridgehead atoms. The van der Waals surface area contributed by atoms with Crippen LogP contribution in [0.15, 0.2) is 47.7 Å². The molecule has 2 aromatic rings. The molecule has 1 aliphatic rings. The van der Waals surface area contributed by atoms with Gasteiger partial charge in [-0.25, -0.2) is 4.98 Å². The predicted octanol–water partition coefficient (Wildman–Crippen LogP) is 2.29. The first kappa shape index (κ1) is 17.1. The van der Waals surface area contributed by atoms with E-state index in [1.54, 1.807) is 7.11 Å². The topological polar surface area (TPSA) is 54.7 Å². The molecule has 0 atom stereocenters. The van der Waals surface area contributed by atoms with E-state index in [4.69, 9.17) is 4.74 Å². The second-order valence-electron chi connectivity index (χ2n) is 6.01. The zero-order valence-corrected chi connectivity index (χ0v) is 15.1. The summed E-state index contributed by atoms with van der Waals surface area (Å²) in [5, 5.41) is 3.40. The largest absolute Gasteiger partial charge is 0.497 e. The number of guanidine groups is 1. The number of benzene rings is 1. The number of nitrogens with zero attached hydrogens (tertiary/aromatic N) is 4. The van der Waals surface area contributed by atoms with Crippen molar-refractivity contribution >= 4 is 11.5 Å². The van der Waals surface area contributed by atoms with Crippen molar-refractivity contribution in [3.63, 3.8) is 0 Å². The van der Waals surface area contributed by atoms with Crippen molar-refractivity contribution < 1.29 is 4.74 Å². The normalized spacial score (nSPS) is 15.1. The van der Waals surface area contributed by atoms with Crippen LogP contribution in [0, 0.1) is 0 Å². The maximum absolute atomic E-state index is 5.32. The van der Waals surface area contributed by atoms with Gasteiger partial charge in [0.2, 0.25) is 0 Å². The summed E-state index contributed by atoms with van der Waals surface area (Å²) in [6.07, 6.45) is 7.01. The summed E-state index contributed by atoms with van der Waals surface area (Å²) in [5.41, 5.74) is 2.59. The highest BCUT2D eigenvalue weighted by molar-refractivity contribution is 5.81. The number of hydrogen-bond acceptors (Lipinski definition) is 3. The van der Waals surface area contributed by atoms with Crippen molar-refractivity contribution in [2.75, 3.05) is 27.2 Å². The van der Waals surface area contributed by atoms with Gasteiger partial charge in [-0.3, -0.25) is 4.99 Å². The van der Waals surface area contributed by atoms with E-state index in [0.717, 1.165) is 37.0 Å². The Morgan fingerprint density at radius 1 is 1.40 bits per heavy atom. The first-order chi connectivity index (χ1) is 12.2. The van der Waals surface area contributed by atoms with Gasteiger partial charge in [-0.2, -0.15) is 0 Å². The Morgan fingerprint density at radius 3 is 2.92 bits per heavy atom. The van der Waals surface area contributed by atoms with Gasteiger partial charge in [0.15, 0.2) is 5.96 Å². The SMILES string of the molecule is CN=C(NCc1nccn1C)N1CC=C(c2cccc(OC)c2)CC1. The van der Waals surface area contributed by atoms with Crippen LogP contribution in [0.5, 0.6) is 5.75 Å². The van der Waals surface area contributed by atoms with Crippen LogP contribution in [-0.2, 0) is 13.6 Å². The van der Waals surface area contributed by atoms with E-state index < -0.39 is 0 Å². The van der Waals surface area contributed by atoms with E-state index in [-0.39, 0.29) is 0 Å². The lowest BCUT2D eigenvalue weighted by Gasteiger charge is -2.29. The smallest absolute Gasteiger partial charge is 0.194 e. The van der Waals surface area contributed by atoms with E-state index in [0.29, 0.717) is 6.54 Å². The summed E-state index contributed by atoms with van der Waals surface area (Å²) in [7, 11) is 5.52. The maximum Gasteiger partial charge on any atom is 0.194 e. The highest BCUT2D eigenvalue weighted by Gasteiger charge is 2.16. The molecule has 0 saturated heterocycles. The molecule has 1 aromatic carbocycles. The summed E-state index contributed by atoms with van der Waals surface area (Å²) in [6.45, 7) is 2.44. The molecule has 0 fully saturated rings. The molecule has 0 saturated carbocycles. The fourth-order valence-corrected chi connectivity index (χ4v) is 3.00. The molecule has 0 unspecified atom stereocenters. The molecule has 0 aliphatic carbocycles. The monoisotopic (exact) mass is 339 g/mol. The molecule has 1 aromatic heterocycles. The highest BCUT2D eigenvalue weighted by atomic mass is 16.5. The van der Waals surface area contributed by atoms with Crippen molar-refractivity contribution in [1.82, 2.24) is 19.8 Å². The van der Waals surface area contributed by atoms with Gasteiger partial charge in [-0.15, -0.1) is 0 Å². The molecule has 0 amide bonds. The average molecular weight is 339 g/mol. The van der Waals surface area contributed by atoms with Gasteiger partial charge in [-0.1, -0.05) is 18.2 Å². The highest BCUT2D eigenvalue weighted by Crippen LogP contribution is 2.25.